The molecule has 0 radical (unpaired) electrons. The summed E-state index contributed by atoms with van der Waals surface area (Å²) in [5, 5.41) is 3.53. The summed E-state index contributed by atoms with van der Waals surface area (Å²) in [6.07, 6.45) is 6.05. The number of nitrogens with one attached hydrogen (secondary N) is 1. The molecule has 0 saturated carbocycles. The van der Waals surface area contributed by atoms with Crippen LogP contribution in [0.3, 0.4) is 0 Å². The van der Waals surface area contributed by atoms with Crippen molar-refractivity contribution in [2.24, 2.45) is 5.92 Å². The quantitative estimate of drug-likeness (QED) is 0.792. The van der Waals surface area contributed by atoms with E-state index in [1.165, 1.54) is 48.2 Å². The van der Waals surface area contributed by atoms with E-state index in [9.17, 15) is 0 Å². The van der Waals surface area contributed by atoms with Crippen molar-refractivity contribution >= 4 is 11.8 Å². The van der Waals surface area contributed by atoms with Gasteiger partial charge in [-0.3, -0.25) is 0 Å². The molecular formula is C19H30N2. The van der Waals surface area contributed by atoms with E-state index < -0.39 is 0 Å². The molecule has 0 atom stereocenters. The highest BCUT2D eigenvalue weighted by Gasteiger charge is 2.13. The number of aryl methyl sites for hydroxylation is 1. The van der Waals surface area contributed by atoms with E-state index in [1.807, 2.05) is 0 Å². The molecule has 2 nitrogen and oxygen atoms in total. The predicted octanol–water partition coefficient (Wildman–Crippen LogP) is 4.11. The van der Waals surface area contributed by atoms with Crippen molar-refractivity contribution in [2.45, 2.75) is 40.0 Å². The molecular weight excluding hydrogens is 256 g/mol. The molecule has 1 aliphatic rings. The molecule has 0 aromatic heterocycles. The summed E-state index contributed by atoms with van der Waals surface area (Å²) in [5.74, 6) is 0.591. The Morgan fingerprint density at radius 3 is 2.90 bits per heavy atom. The summed E-state index contributed by atoms with van der Waals surface area (Å²) in [6.45, 7) is 10.1. The van der Waals surface area contributed by atoms with Gasteiger partial charge in [-0.15, -0.1) is 0 Å². The molecule has 2 rings (SSSR count). The molecule has 0 bridgehead atoms. The summed E-state index contributed by atoms with van der Waals surface area (Å²) in [6, 6.07) is 6.94. The lowest BCUT2D eigenvalue weighted by atomic mass is 9.96. The highest BCUT2D eigenvalue weighted by molar-refractivity contribution is 5.63. The standard InChI is InChI=1S/C19H30N2/c1-5-10-20-14-18(15(2)3)13-16-8-9-19-17(12-16)7-6-11-21(19)4/h8-9,12-13,15,20H,5-7,10-11,14H2,1-4H3. The minimum absolute atomic E-state index is 0.591. The second kappa shape index (κ2) is 7.65. The summed E-state index contributed by atoms with van der Waals surface area (Å²) in [4.78, 5) is 2.37. The maximum Gasteiger partial charge on any atom is 0.0396 e. The molecule has 1 aromatic rings. The van der Waals surface area contributed by atoms with Crippen molar-refractivity contribution in [3.8, 4) is 0 Å². The molecule has 1 aliphatic heterocycles. The third-order valence-corrected chi connectivity index (χ3v) is 4.30. The van der Waals surface area contributed by atoms with Crippen LogP contribution in [0.5, 0.6) is 0 Å². The van der Waals surface area contributed by atoms with Crippen LogP contribution >= 0.6 is 0 Å². The Morgan fingerprint density at radius 1 is 1.38 bits per heavy atom. The average molecular weight is 286 g/mol. The van der Waals surface area contributed by atoms with E-state index in [0.717, 1.165) is 13.1 Å². The van der Waals surface area contributed by atoms with Crippen LogP contribution in [0.1, 0.15) is 44.7 Å². The number of fused-ring (bicyclic) bond motifs is 1. The van der Waals surface area contributed by atoms with Gasteiger partial charge >= 0.3 is 0 Å². The summed E-state index contributed by atoms with van der Waals surface area (Å²) >= 11 is 0. The average Bonchev–Trinajstić information content (AvgIpc) is 2.46. The first kappa shape index (κ1) is 16.1. The smallest absolute Gasteiger partial charge is 0.0396 e. The fourth-order valence-electron chi connectivity index (χ4n) is 2.94. The normalized spacial score (nSPS) is 15.5. The zero-order valence-electron chi connectivity index (χ0n) is 14.1. The third-order valence-electron chi connectivity index (χ3n) is 4.30. The van der Waals surface area contributed by atoms with Crippen molar-refractivity contribution in [2.75, 3.05) is 31.6 Å². The largest absolute Gasteiger partial charge is 0.374 e. The second-order valence-electron chi connectivity index (χ2n) is 6.46. The zero-order chi connectivity index (χ0) is 15.2. The minimum Gasteiger partial charge on any atom is -0.374 e. The van der Waals surface area contributed by atoms with Crippen LogP contribution in [0, 0.1) is 5.92 Å². The van der Waals surface area contributed by atoms with E-state index in [0.29, 0.717) is 5.92 Å². The number of anilines is 1. The van der Waals surface area contributed by atoms with E-state index >= 15 is 0 Å². The van der Waals surface area contributed by atoms with Crippen molar-refractivity contribution in [1.29, 1.82) is 0 Å². The van der Waals surface area contributed by atoms with Crippen LogP contribution in [0.2, 0.25) is 0 Å². The molecule has 2 heteroatoms. The lowest BCUT2D eigenvalue weighted by Crippen LogP contribution is -2.24. The maximum atomic E-state index is 3.53. The molecule has 0 saturated heterocycles. The first-order chi connectivity index (χ1) is 10.1. The summed E-state index contributed by atoms with van der Waals surface area (Å²) < 4.78 is 0. The highest BCUT2D eigenvalue weighted by atomic mass is 15.1. The van der Waals surface area contributed by atoms with E-state index in [4.69, 9.17) is 0 Å². The van der Waals surface area contributed by atoms with Crippen molar-refractivity contribution in [3.05, 3.63) is 34.9 Å². The fraction of sp³-hybridized carbons (Fsp3) is 0.579. The molecule has 21 heavy (non-hydrogen) atoms. The van der Waals surface area contributed by atoms with E-state index in [2.05, 4.69) is 62.3 Å². The van der Waals surface area contributed by atoms with Crippen LogP contribution < -0.4 is 10.2 Å². The van der Waals surface area contributed by atoms with Crippen LogP contribution in [-0.2, 0) is 6.42 Å². The molecule has 116 valence electrons. The lowest BCUT2D eigenvalue weighted by Gasteiger charge is -2.27. The second-order valence-corrected chi connectivity index (χ2v) is 6.46. The third kappa shape index (κ3) is 4.34. The first-order valence-corrected chi connectivity index (χ1v) is 8.37. The summed E-state index contributed by atoms with van der Waals surface area (Å²) in [5.41, 5.74) is 5.76. The SMILES string of the molecule is CCCNCC(=Cc1ccc2c(c1)CCCN2C)C(C)C. The van der Waals surface area contributed by atoms with Gasteiger partial charge in [0.1, 0.15) is 0 Å². The van der Waals surface area contributed by atoms with Gasteiger partial charge in [-0.05, 0) is 55.0 Å². The lowest BCUT2D eigenvalue weighted by molar-refractivity contribution is 0.657. The first-order valence-electron chi connectivity index (χ1n) is 8.37. The van der Waals surface area contributed by atoms with Crippen LogP contribution in [0.15, 0.2) is 23.8 Å². The predicted molar refractivity (Wildman–Crippen MR) is 94.0 cm³/mol. The molecule has 0 aliphatic carbocycles. The molecule has 0 unspecified atom stereocenters. The van der Waals surface area contributed by atoms with Gasteiger partial charge in [0, 0.05) is 25.8 Å². The van der Waals surface area contributed by atoms with E-state index in [1.54, 1.807) is 0 Å². The van der Waals surface area contributed by atoms with Gasteiger partial charge in [-0.1, -0.05) is 38.5 Å². The van der Waals surface area contributed by atoms with Crippen molar-refractivity contribution in [1.82, 2.24) is 5.32 Å². The molecule has 0 spiro atoms. The number of nitrogens with zero attached hydrogens (tertiary/aromatic N) is 1. The monoisotopic (exact) mass is 286 g/mol. The van der Waals surface area contributed by atoms with E-state index in [-0.39, 0.29) is 0 Å². The molecule has 1 heterocycles. The Hall–Kier alpha value is -1.28. The molecule has 1 aromatic carbocycles. The van der Waals surface area contributed by atoms with Gasteiger partial charge in [-0.25, -0.2) is 0 Å². The molecule has 1 N–H and O–H groups in total. The Kier molecular flexibility index (Phi) is 5.86. The zero-order valence-corrected chi connectivity index (χ0v) is 14.1. The molecule has 0 amide bonds. The topological polar surface area (TPSA) is 15.3 Å². The Labute approximate surface area is 130 Å². The van der Waals surface area contributed by atoms with Gasteiger partial charge in [0.15, 0.2) is 0 Å². The van der Waals surface area contributed by atoms with Crippen molar-refractivity contribution < 1.29 is 0 Å². The Balaban J connectivity index is 2.17. The van der Waals surface area contributed by atoms with Gasteiger partial charge in [0.25, 0.3) is 0 Å². The number of hydrogen-bond acceptors (Lipinski definition) is 2. The van der Waals surface area contributed by atoms with Crippen LogP contribution in [-0.4, -0.2) is 26.7 Å². The van der Waals surface area contributed by atoms with Gasteiger partial charge in [0.05, 0.1) is 0 Å². The number of rotatable bonds is 6. The Bertz CT molecular complexity index is 488. The van der Waals surface area contributed by atoms with Crippen LogP contribution in [0.4, 0.5) is 5.69 Å². The maximum absolute atomic E-state index is 3.53. The van der Waals surface area contributed by atoms with Gasteiger partial charge in [0.2, 0.25) is 0 Å². The number of hydrogen-bond donors (Lipinski definition) is 1. The fourth-order valence-corrected chi connectivity index (χ4v) is 2.94. The molecule has 0 fully saturated rings. The Morgan fingerprint density at radius 2 is 2.19 bits per heavy atom. The highest BCUT2D eigenvalue weighted by Crippen LogP contribution is 2.28. The number of benzene rings is 1. The minimum atomic E-state index is 0.591. The van der Waals surface area contributed by atoms with Gasteiger partial charge < -0.3 is 10.2 Å². The summed E-state index contributed by atoms with van der Waals surface area (Å²) in [7, 11) is 2.20. The van der Waals surface area contributed by atoms with Crippen LogP contribution in [0.25, 0.3) is 6.08 Å². The van der Waals surface area contributed by atoms with Gasteiger partial charge in [-0.2, -0.15) is 0 Å². The van der Waals surface area contributed by atoms with Crippen molar-refractivity contribution in [3.63, 3.8) is 0 Å².